The van der Waals surface area contributed by atoms with E-state index in [1.165, 1.54) is 0 Å². The first-order valence-corrected chi connectivity index (χ1v) is 5.98. The fraction of sp³-hybridized carbons (Fsp3) is 0.357. The van der Waals surface area contributed by atoms with E-state index in [0.717, 1.165) is 39.4 Å². The van der Waals surface area contributed by atoms with Crippen LogP contribution >= 0.6 is 0 Å². The lowest BCUT2D eigenvalue weighted by molar-refractivity contribution is 0.411. The SMILES string of the molecule is COc1cc(C)c(-c2n[nH]c(CN)c2C)cc1C. The van der Waals surface area contributed by atoms with E-state index in [9.17, 15) is 0 Å². The first-order valence-electron chi connectivity index (χ1n) is 5.98. The molecule has 4 heteroatoms. The number of rotatable bonds is 3. The number of aromatic nitrogens is 2. The fourth-order valence-corrected chi connectivity index (χ4v) is 2.16. The Morgan fingerprint density at radius 3 is 2.50 bits per heavy atom. The summed E-state index contributed by atoms with van der Waals surface area (Å²) < 4.78 is 5.33. The molecule has 0 amide bonds. The average Bonchev–Trinajstić information content (AvgIpc) is 2.72. The molecule has 1 heterocycles. The van der Waals surface area contributed by atoms with Crippen molar-refractivity contribution in [3.63, 3.8) is 0 Å². The first-order chi connectivity index (χ1) is 8.58. The number of methoxy groups -OCH3 is 1. The highest BCUT2D eigenvalue weighted by Crippen LogP contribution is 2.31. The molecule has 1 aromatic heterocycles. The maximum absolute atomic E-state index is 5.66. The van der Waals surface area contributed by atoms with Gasteiger partial charge in [0, 0.05) is 12.1 Å². The molecule has 0 saturated carbocycles. The van der Waals surface area contributed by atoms with E-state index in [0.29, 0.717) is 6.54 Å². The number of ether oxygens (including phenoxy) is 1. The average molecular weight is 245 g/mol. The van der Waals surface area contributed by atoms with E-state index in [2.05, 4.69) is 23.2 Å². The van der Waals surface area contributed by atoms with Gasteiger partial charge in [-0.25, -0.2) is 0 Å². The summed E-state index contributed by atoms with van der Waals surface area (Å²) in [5.41, 5.74) is 12.1. The molecule has 18 heavy (non-hydrogen) atoms. The lowest BCUT2D eigenvalue weighted by Crippen LogP contribution is -1.98. The summed E-state index contributed by atoms with van der Waals surface area (Å²) in [4.78, 5) is 0. The summed E-state index contributed by atoms with van der Waals surface area (Å²) in [6.07, 6.45) is 0. The molecule has 0 aliphatic rings. The summed E-state index contributed by atoms with van der Waals surface area (Å²) >= 11 is 0. The second-order valence-electron chi connectivity index (χ2n) is 4.52. The van der Waals surface area contributed by atoms with E-state index >= 15 is 0 Å². The predicted molar refractivity (Wildman–Crippen MR) is 72.7 cm³/mol. The number of nitrogens with two attached hydrogens (primary N) is 1. The van der Waals surface area contributed by atoms with Gasteiger partial charge in [-0.3, -0.25) is 5.10 Å². The van der Waals surface area contributed by atoms with Crippen LogP contribution in [0.5, 0.6) is 5.75 Å². The summed E-state index contributed by atoms with van der Waals surface area (Å²) in [5.74, 6) is 0.906. The topological polar surface area (TPSA) is 63.9 Å². The van der Waals surface area contributed by atoms with Gasteiger partial charge in [-0.15, -0.1) is 0 Å². The summed E-state index contributed by atoms with van der Waals surface area (Å²) in [6, 6.07) is 4.15. The molecule has 3 N–H and O–H groups in total. The zero-order valence-electron chi connectivity index (χ0n) is 11.3. The molecule has 0 aliphatic carbocycles. The molecule has 2 rings (SSSR count). The third kappa shape index (κ3) is 1.99. The van der Waals surface area contributed by atoms with Gasteiger partial charge in [0.2, 0.25) is 0 Å². The van der Waals surface area contributed by atoms with Crippen LogP contribution in [0.15, 0.2) is 12.1 Å². The van der Waals surface area contributed by atoms with E-state index in [4.69, 9.17) is 10.5 Å². The Balaban J connectivity index is 2.57. The van der Waals surface area contributed by atoms with Gasteiger partial charge in [0.05, 0.1) is 18.5 Å². The predicted octanol–water partition coefficient (Wildman–Crippen LogP) is 2.47. The van der Waals surface area contributed by atoms with Crippen molar-refractivity contribution in [2.24, 2.45) is 5.73 Å². The van der Waals surface area contributed by atoms with Gasteiger partial charge in [0.1, 0.15) is 5.75 Å². The highest BCUT2D eigenvalue weighted by atomic mass is 16.5. The van der Waals surface area contributed by atoms with Crippen molar-refractivity contribution in [2.45, 2.75) is 27.3 Å². The number of aromatic amines is 1. The maximum atomic E-state index is 5.66. The zero-order valence-corrected chi connectivity index (χ0v) is 11.3. The van der Waals surface area contributed by atoms with Crippen molar-refractivity contribution in [2.75, 3.05) is 7.11 Å². The second-order valence-corrected chi connectivity index (χ2v) is 4.52. The standard InChI is InChI=1S/C14H19N3O/c1-8-6-13(18-4)9(2)5-11(8)14-10(3)12(7-15)16-17-14/h5-6H,7,15H2,1-4H3,(H,16,17). The van der Waals surface area contributed by atoms with Crippen molar-refractivity contribution >= 4 is 0 Å². The zero-order chi connectivity index (χ0) is 13.3. The van der Waals surface area contributed by atoms with E-state index in [-0.39, 0.29) is 0 Å². The molecule has 0 radical (unpaired) electrons. The Morgan fingerprint density at radius 1 is 1.22 bits per heavy atom. The number of H-pyrrole nitrogens is 1. The molecule has 96 valence electrons. The lowest BCUT2D eigenvalue weighted by Gasteiger charge is -2.10. The summed E-state index contributed by atoms with van der Waals surface area (Å²) in [6.45, 7) is 6.62. The monoisotopic (exact) mass is 245 g/mol. The lowest BCUT2D eigenvalue weighted by atomic mass is 9.99. The fourth-order valence-electron chi connectivity index (χ4n) is 2.16. The third-order valence-electron chi connectivity index (χ3n) is 3.31. The molecular formula is C14H19N3O. The second kappa shape index (κ2) is 4.82. The molecule has 0 spiro atoms. The van der Waals surface area contributed by atoms with Crippen molar-refractivity contribution in [1.29, 1.82) is 0 Å². The molecule has 0 fully saturated rings. The largest absolute Gasteiger partial charge is 0.496 e. The first kappa shape index (κ1) is 12.6. The molecule has 0 atom stereocenters. The van der Waals surface area contributed by atoms with Crippen LogP contribution in [0.25, 0.3) is 11.3 Å². The van der Waals surface area contributed by atoms with Crippen molar-refractivity contribution < 1.29 is 4.74 Å². The van der Waals surface area contributed by atoms with Crippen molar-refractivity contribution in [3.8, 4) is 17.0 Å². The minimum Gasteiger partial charge on any atom is -0.496 e. The molecule has 0 saturated heterocycles. The van der Waals surface area contributed by atoms with Crippen LogP contribution in [0.2, 0.25) is 0 Å². The van der Waals surface area contributed by atoms with Gasteiger partial charge >= 0.3 is 0 Å². The smallest absolute Gasteiger partial charge is 0.122 e. The van der Waals surface area contributed by atoms with Crippen molar-refractivity contribution in [1.82, 2.24) is 10.2 Å². The molecule has 0 unspecified atom stereocenters. The highest BCUT2D eigenvalue weighted by molar-refractivity contribution is 5.69. The Morgan fingerprint density at radius 2 is 1.94 bits per heavy atom. The number of hydrogen-bond acceptors (Lipinski definition) is 3. The number of hydrogen-bond donors (Lipinski definition) is 2. The van der Waals surface area contributed by atoms with E-state index in [1.54, 1.807) is 7.11 Å². The van der Waals surface area contributed by atoms with E-state index < -0.39 is 0 Å². The van der Waals surface area contributed by atoms with Crippen LogP contribution in [0.4, 0.5) is 0 Å². The van der Waals surface area contributed by atoms with Gasteiger partial charge in [-0.2, -0.15) is 5.10 Å². The van der Waals surface area contributed by atoms with Crippen molar-refractivity contribution in [3.05, 3.63) is 34.5 Å². The van der Waals surface area contributed by atoms with Crippen LogP contribution in [-0.4, -0.2) is 17.3 Å². The van der Waals surface area contributed by atoms with Crippen LogP contribution in [-0.2, 0) is 6.54 Å². The van der Waals surface area contributed by atoms with E-state index in [1.807, 2.05) is 19.9 Å². The molecule has 1 aromatic carbocycles. The van der Waals surface area contributed by atoms with Crippen LogP contribution < -0.4 is 10.5 Å². The van der Waals surface area contributed by atoms with Gasteiger partial charge in [0.15, 0.2) is 0 Å². The molecular weight excluding hydrogens is 226 g/mol. The number of nitrogens with one attached hydrogen (secondary N) is 1. The normalized spacial score (nSPS) is 10.7. The van der Waals surface area contributed by atoms with Crippen LogP contribution in [0.3, 0.4) is 0 Å². The van der Waals surface area contributed by atoms with Crippen LogP contribution in [0.1, 0.15) is 22.4 Å². The molecule has 0 aliphatic heterocycles. The minimum atomic E-state index is 0.479. The Bertz CT molecular complexity index is 573. The summed E-state index contributed by atoms with van der Waals surface area (Å²) in [5, 5.41) is 7.36. The molecule has 4 nitrogen and oxygen atoms in total. The molecule has 2 aromatic rings. The number of aryl methyl sites for hydroxylation is 2. The Hall–Kier alpha value is -1.81. The maximum Gasteiger partial charge on any atom is 0.122 e. The Kier molecular flexibility index (Phi) is 3.39. The van der Waals surface area contributed by atoms with Gasteiger partial charge < -0.3 is 10.5 Å². The van der Waals surface area contributed by atoms with Gasteiger partial charge in [0.25, 0.3) is 0 Å². The summed E-state index contributed by atoms with van der Waals surface area (Å²) in [7, 11) is 1.69. The Labute approximate surface area is 107 Å². The highest BCUT2D eigenvalue weighted by Gasteiger charge is 2.13. The minimum absolute atomic E-state index is 0.479. The van der Waals surface area contributed by atoms with Crippen LogP contribution in [0, 0.1) is 20.8 Å². The molecule has 0 bridgehead atoms. The van der Waals surface area contributed by atoms with Gasteiger partial charge in [-0.1, -0.05) is 0 Å². The number of benzene rings is 1. The third-order valence-corrected chi connectivity index (χ3v) is 3.31. The quantitative estimate of drug-likeness (QED) is 0.873. The van der Waals surface area contributed by atoms with Gasteiger partial charge in [-0.05, 0) is 49.6 Å². The number of nitrogens with zero attached hydrogens (tertiary/aromatic N) is 1.